The fourth-order valence-corrected chi connectivity index (χ4v) is 4.14. The Kier molecular flexibility index (Phi) is 4.96. The second kappa shape index (κ2) is 6.91. The fraction of sp³-hybridized carbons (Fsp3) is 0.857. The Morgan fingerprint density at radius 2 is 2.35 bits per heavy atom. The van der Waals surface area contributed by atoms with Crippen LogP contribution in [0.4, 0.5) is 0 Å². The molecule has 0 aliphatic carbocycles. The number of thioether (sulfide) groups is 1. The van der Waals surface area contributed by atoms with E-state index in [1.807, 2.05) is 18.7 Å². The Morgan fingerprint density at radius 1 is 1.40 bits per heavy atom. The number of aromatic nitrogens is 2. The van der Waals surface area contributed by atoms with Crippen molar-refractivity contribution < 1.29 is 9.26 Å². The van der Waals surface area contributed by atoms with Gasteiger partial charge in [-0.1, -0.05) is 12.1 Å². The summed E-state index contributed by atoms with van der Waals surface area (Å²) in [7, 11) is 0. The van der Waals surface area contributed by atoms with Crippen LogP contribution >= 0.6 is 11.8 Å². The summed E-state index contributed by atoms with van der Waals surface area (Å²) in [5.41, 5.74) is 0. The number of rotatable bonds is 6. The molecule has 3 heterocycles. The van der Waals surface area contributed by atoms with Gasteiger partial charge in [-0.25, -0.2) is 0 Å². The van der Waals surface area contributed by atoms with Crippen LogP contribution in [0.25, 0.3) is 0 Å². The Morgan fingerprint density at radius 3 is 3.00 bits per heavy atom. The van der Waals surface area contributed by atoms with Crippen molar-refractivity contribution in [1.29, 1.82) is 0 Å². The van der Waals surface area contributed by atoms with Crippen LogP contribution in [0.3, 0.4) is 0 Å². The minimum absolute atomic E-state index is 0.387. The Labute approximate surface area is 124 Å². The molecule has 3 rings (SSSR count). The van der Waals surface area contributed by atoms with Crippen molar-refractivity contribution in [2.45, 2.75) is 51.3 Å². The van der Waals surface area contributed by atoms with E-state index in [2.05, 4.69) is 15.0 Å². The highest BCUT2D eigenvalue weighted by atomic mass is 32.2. The summed E-state index contributed by atoms with van der Waals surface area (Å²) >= 11 is 2.04. The average molecular weight is 297 g/mol. The molecule has 0 bridgehead atoms. The SMILES string of the molecule is CCc1nc(CN(C[C@@H]2CCCO2)[C@@H]2CCSC2)no1. The van der Waals surface area contributed by atoms with Crippen LogP contribution in [-0.2, 0) is 17.7 Å². The van der Waals surface area contributed by atoms with Gasteiger partial charge in [-0.05, 0) is 25.0 Å². The first-order valence-corrected chi connectivity index (χ1v) is 8.75. The van der Waals surface area contributed by atoms with Gasteiger partial charge in [-0.15, -0.1) is 0 Å². The van der Waals surface area contributed by atoms with Crippen LogP contribution < -0.4 is 0 Å². The highest BCUT2D eigenvalue weighted by Crippen LogP contribution is 2.25. The molecular weight excluding hydrogens is 274 g/mol. The number of ether oxygens (including phenoxy) is 1. The highest BCUT2D eigenvalue weighted by Gasteiger charge is 2.28. The van der Waals surface area contributed by atoms with Gasteiger partial charge < -0.3 is 9.26 Å². The van der Waals surface area contributed by atoms with Gasteiger partial charge in [-0.2, -0.15) is 16.7 Å². The van der Waals surface area contributed by atoms with Gasteiger partial charge in [0.2, 0.25) is 5.89 Å². The van der Waals surface area contributed by atoms with Crippen LogP contribution in [-0.4, -0.2) is 51.8 Å². The number of hydrogen-bond donors (Lipinski definition) is 0. The molecule has 2 fully saturated rings. The average Bonchev–Trinajstić information content (AvgIpc) is 3.21. The van der Waals surface area contributed by atoms with E-state index < -0.39 is 0 Å². The highest BCUT2D eigenvalue weighted by molar-refractivity contribution is 7.99. The second-order valence-electron chi connectivity index (χ2n) is 5.54. The second-order valence-corrected chi connectivity index (χ2v) is 6.69. The molecule has 5 nitrogen and oxygen atoms in total. The van der Waals surface area contributed by atoms with E-state index in [1.165, 1.54) is 30.8 Å². The van der Waals surface area contributed by atoms with Gasteiger partial charge in [0.15, 0.2) is 5.82 Å². The Balaban J connectivity index is 1.63. The van der Waals surface area contributed by atoms with Crippen molar-refractivity contribution in [1.82, 2.24) is 15.0 Å². The lowest BCUT2D eigenvalue weighted by atomic mass is 10.1. The lowest BCUT2D eigenvalue weighted by molar-refractivity contribution is 0.0561. The zero-order valence-electron chi connectivity index (χ0n) is 12.1. The minimum atomic E-state index is 0.387. The molecule has 0 unspecified atom stereocenters. The summed E-state index contributed by atoms with van der Waals surface area (Å²) in [4.78, 5) is 6.95. The minimum Gasteiger partial charge on any atom is -0.377 e. The first kappa shape index (κ1) is 14.4. The van der Waals surface area contributed by atoms with E-state index >= 15 is 0 Å². The van der Waals surface area contributed by atoms with E-state index in [0.717, 1.165) is 37.8 Å². The van der Waals surface area contributed by atoms with E-state index in [0.29, 0.717) is 12.1 Å². The van der Waals surface area contributed by atoms with Crippen molar-refractivity contribution in [3.05, 3.63) is 11.7 Å². The van der Waals surface area contributed by atoms with Gasteiger partial charge in [0.05, 0.1) is 12.6 Å². The van der Waals surface area contributed by atoms with Gasteiger partial charge in [0, 0.05) is 31.4 Å². The fourth-order valence-electron chi connectivity index (χ4n) is 2.88. The van der Waals surface area contributed by atoms with Crippen molar-refractivity contribution in [3.8, 4) is 0 Å². The largest absolute Gasteiger partial charge is 0.377 e. The smallest absolute Gasteiger partial charge is 0.226 e. The molecule has 2 saturated heterocycles. The third-order valence-corrected chi connectivity index (χ3v) is 5.19. The molecule has 0 radical (unpaired) electrons. The van der Waals surface area contributed by atoms with Crippen LogP contribution in [0.15, 0.2) is 4.52 Å². The summed E-state index contributed by atoms with van der Waals surface area (Å²) in [6.45, 7) is 4.74. The zero-order valence-corrected chi connectivity index (χ0v) is 12.9. The van der Waals surface area contributed by atoms with Crippen LogP contribution in [0.5, 0.6) is 0 Å². The summed E-state index contributed by atoms with van der Waals surface area (Å²) in [6, 6.07) is 0.632. The molecular formula is C14H23N3O2S. The molecule has 2 aliphatic heterocycles. The summed E-state index contributed by atoms with van der Waals surface area (Å²) in [6.07, 6.45) is 4.83. The van der Waals surface area contributed by atoms with Crippen molar-refractivity contribution in [2.75, 3.05) is 24.7 Å². The van der Waals surface area contributed by atoms with Crippen molar-refractivity contribution in [3.63, 3.8) is 0 Å². The maximum atomic E-state index is 5.79. The topological polar surface area (TPSA) is 51.4 Å². The molecule has 0 spiro atoms. The monoisotopic (exact) mass is 297 g/mol. The predicted molar refractivity (Wildman–Crippen MR) is 78.8 cm³/mol. The van der Waals surface area contributed by atoms with Gasteiger partial charge in [-0.3, -0.25) is 4.90 Å². The third kappa shape index (κ3) is 3.54. The van der Waals surface area contributed by atoms with E-state index in [-0.39, 0.29) is 0 Å². The predicted octanol–water partition coefficient (Wildman–Crippen LogP) is 2.12. The third-order valence-electron chi connectivity index (χ3n) is 4.04. The quantitative estimate of drug-likeness (QED) is 0.801. The maximum Gasteiger partial charge on any atom is 0.226 e. The van der Waals surface area contributed by atoms with Gasteiger partial charge in [0.25, 0.3) is 0 Å². The molecule has 0 aromatic carbocycles. The van der Waals surface area contributed by atoms with Crippen LogP contribution in [0.1, 0.15) is 37.9 Å². The Hall–Kier alpha value is -0.590. The molecule has 2 atom stereocenters. The van der Waals surface area contributed by atoms with E-state index in [1.54, 1.807) is 0 Å². The molecule has 0 N–H and O–H groups in total. The van der Waals surface area contributed by atoms with Crippen molar-refractivity contribution >= 4 is 11.8 Å². The van der Waals surface area contributed by atoms with Gasteiger partial charge >= 0.3 is 0 Å². The number of aryl methyl sites for hydroxylation is 1. The van der Waals surface area contributed by atoms with Crippen LogP contribution in [0, 0.1) is 0 Å². The molecule has 20 heavy (non-hydrogen) atoms. The standard InChI is InChI=1S/C14H23N3O2S/c1-2-14-15-13(16-19-14)9-17(11-5-7-20-10-11)8-12-4-3-6-18-12/h11-12H,2-10H2,1H3/t11-,12+/m1/s1. The number of hydrogen-bond acceptors (Lipinski definition) is 6. The molecule has 1 aromatic rings. The lowest BCUT2D eigenvalue weighted by Crippen LogP contribution is -2.40. The molecule has 6 heteroatoms. The van der Waals surface area contributed by atoms with Crippen molar-refractivity contribution in [2.24, 2.45) is 0 Å². The van der Waals surface area contributed by atoms with Gasteiger partial charge in [0.1, 0.15) is 0 Å². The van der Waals surface area contributed by atoms with E-state index in [4.69, 9.17) is 9.26 Å². The summed E-state index contributed by atoms with van der Waals surface area (Å²) in [5.74, 6) is 4.03. The summed E-state index contributed by atoms with van der Waals surface area (Å²) in [5, 5.41) is 4.10. The molecule has 112 valence electrons. The Bertz CT molecular complexity index is 414. The molecule has 0 amide bonds. The van der Waals surface area contributed by atoms with Crippen LogP contribution in [0.2, 0.25) is 0 Å². The first-order valence-electron chi connectivity index (χ1n) is 7.60. The number of nitrogens with zero attached hydrogens (tertiary/aromatic N) is 3. The lowest BCUT2D eigenvalue weighted by Gasteiger charge is -2.29. The molecule has 1 aromatic heterocycles. The molecule has 0 saturated carbocycles. The normalized spacial score (nSPS) is 26.7. The molecule has 2 aliphatic rings. The first-order chi connectivity index (χ1) is 9.85. The maximum absolute atomic E-state index is 5.79. The summed E-state index contributed by atoms with van der Waals surface area (Å²) < 4.78 is 11.0. The van der Waals surface area contributed by atoms with E-state index in [9.17, 15) is 0 Å². The zero-order chi connectivity index (χ0) is 13.8.